The number of benzene rings is 3. The molecule has 1 heterocycles. The third-order valence-electron chi connectivity index (χ3n) is 7.19. The third-order valence-corrected chi connectivity index (χ3v) is 7.19. The summed E-state index contributed by atoms with van der Waals surface area (Å²) >= 11 is 0. The first-order valence-electron chi connectivity index (χ1n) is 11.7. The van der Waals surface area contributed by atoms with Crippen LogP contribution in [0.2, 0.25) is 0 Å². The van der Waals surface area contributed by atoms with E-state index in [1.165, 1.54) is 11.8 Å². The van der Waals surface area contributed by atoms with Gasteiger partial charge in [0, 0.05) is 18.8 Å². The van der Waals surface area contributed by atoms with Crippen molar-refractivity contribution in [2.24, 2.45) is 23.7 Å². The molecule has 3 aliphatic rings. The van der Waals surface area contributed by atoms with Gasteiger partial charge in [-0.2, -0.15) is 0 Å². The fourth-order valence-corrected chi connectivity index (χ4v) is 5.89. The number of ether oxygens (including phenoxy) is 1. The number of hydrogen-bond acceptors (Lipinski definition) is 4. The van der Waals surface area contributed by atoms with Gasteiger partial charge >= 0.3 is 5.97 Å². The number of anilines is 1. The molecule has 4 atom stereocenters. The molecule has 0 N–H and O–H groups in total. The number of carbonyl (C=O) groups is 3. The highest BCUT2D eigenvalue weighted by Crippen LogP contribution is 2.58. The van der Waals surface area contributed by atoms with Gasteiger partial charge in [0.25, 0.3) is 0 Å². The standard InChI is InChI=1S/C30H23NO4/c1-18(32)35-22-14-12-21(13-15-22)31-29(33)27-23-16-17-24(28(27)30(31)34)26(23)25(19-8-4-2-5-9-19)20-10-6-3-7-11-20/h2-17,23-24,27-28H,1H3. The van der Waals surface area contributed by atoms with Gasteiger partial charge in [-0.1, -0.05) is 72.8 Å². The molecule has 6 rings (SSSR count). The molecule has 0 aromatic heterocycles. The Morgan fingerprint density at radius 2 is 1.20 bits per heavy atom. The number of nitrogens with zero attached hydrogens (tertiary/aromatic N) is 1. The van der Waals surface area contributed by atoms with Gasteiger partial charge in [0.1, 0.15) is 5.75 Å². The molecule has 35 heavy (non-hydrogen) atoms. The van der Waals surface area contributed by atoms with Crippen molar-refractivity contribution in [1.82, 2.24) is 0 Å². The summed E-state index contributed by atoms with van der Waals surface area (Å²) in [6.45, 7) is 1.33. The molecule has 172 valence electrons. The van der Waals surface area contributed by atoms with Crippen molar-refractivity contribution < 1.29 is 19.1 Å². The van der Waals surface area contributed by atoms with Crippen molar-refractivity contribution >= 4 is 29.0 Å². The number of imide groups is 1. The quantitative estimate of drug-likeness (QED) is 0.236. The topological polar surface area (TPSA) is 63.7 Å². The minimum absolute atomic E-state index is 0.123. The van der Waals surface area contributed by atoms with E-state index in [4.69, 9.17) is 4.74 Å². The maximum absolute atomic E-state index is 13.7. The molecule has 3 aromatic rings. The number of amides is 2. The average Bonchev–Trinajstić information content (AvgIpc) is 3.50. The van der Waals surface area contributed by atoms with Crippen LogP contribution in [-0.4, -0.2) is 17.8 Å². The summed E-state index contributed by atoms with van der Waals surface area (Å²) in [6, 6.07) is 26.9. The summed E-state index contributed by atoms with van der Waals surface area (Å²) in [5.74, 6) is -1.46. The SMILES string of the molecule is CC(=O)Oc1ccc(N2C(=O)C3C4C=CC(C4=C(c4ccccc4)c4ccccc4)C3C2=O)cc1. The van der Waals surface area contributed by atoms with Crippen LogP contribution in [0.25, 0.3) is 5.57 Å². The van der Waals surface area contributed by atoms with Crippen molar-refractivity contribution in [1.29, 1.82) is 0 Å². The summed E-state index contributed by atoms with van der Waals surface area (Å²) in [5.41, 5.74) is 4.94. The minimum atomic E-state index is -0.421. The first-order valence-corrected chi connectivity index (χ1v) is 11.7. The number of allylic oxidation sites excluding steroid dienone is 3. The number of fused-ring (bicyclic) bond motifs is 5. The predicted octanol–water partition coefficient (Wildman–Crippen LogP) is 5.04. The van der Waals surface area contributed by atoms with E-state index in [9.17, 15) is 14.4 Å². The molecular weight excluding hydrogens is 438 g/mol. The normalized spacial score (nSPS) is 24.1. The number of hydrogen-bond donors (Lipinski definition) is 0. The van der Waals surface area contributed by atoms with Gasteiger partial charge in [0.05, 0.1) is 17.5 Å². The second kappa shape index (κ2) is 8.20. The molecule has 2 amide bonds. The lowest BCUT2D eigenvalue weighted by Crippen LogP contribution is -2.33. The summed E-state index contributed by atoms with van der Waals surface area (Å²) in [7, 11) is 0. The number of rotatable bonds is 4. The fraction of sp³-hybridized carbons (Fsp3) is 0.167. The Balaban J connectivity index is 1.41. The Morgan fingerprint density at radius 1 is 0.714 bits per heavy atom. The molecule has 2 bridgehead atoms. The molecule has 1 aliphatic heterocycles. The zero-order chi connectivity index (χ0) is 24.1. The van der Waals surface area contributed by atoms with Gasteiger partial charge in [-0.3, -0.25) is 14.4 Å². The van der Waals surface area contributed by atoms with Crippen LogP contribution in [0.3, 0.4) is 0 Å². The van der Waals surface area contributed by atoms with Gasteiger partial charge in [0.15, 0.2) is 0 Å². The molecule has 0 spiro atoms. The van der Waals surface area contributed by atoms with E-state index in [-0.39, 0.29) is 23.7 Å². The Bertz CT molecular complexity index is 1310. The first-order chi connectivity index (χ1) is 17.0. The molecule has 1 saturated carbocycles. The number of carbonyl (C=O) groups excluding carboxylic acids is 3. The van der Waals surface area contributed by atoms with Crippen molar-refractivity contribution in [3.8, 4) is 5.75 Å². The highest BCUT2D eigenvalue weighted by Gasteiger charge is 2.62. The van der Waals surface area contributed by atoms with Crippen LogP contribution in [0.1, 0.15) is 18.1 Å². The first kappa shape index (κ1) is 21.3. The predicted molar refractivity (Wildman–Crippen MR) is 132 cm³/mol. The molecule has 2 aliphatic carbocycles. The highest BCUT2D eigenvalue weighted by atomic mass is 16.5. The van der Waals surface area contributed by atoms with E-state index in [0.717, 1.165) is 22.3 Å². The van der Waals surface area contributed by atoms with Crippen LogP contribution in [0.5, 0.6) is 5.75 Å². The number of esters is 1. The molecule has 5 nitrogen and oxygen atoms in total. The summed E-state index contributed by atoms with van der Waals surface area (Å²) in [6.07, 6.45) is 4.21. The van der Waals surface area contributed by atoms with Crippen molar-refractivity contribution in [2.45, 2.75) is 6.92 Å². The smallest absolute Gasteiger partial charge is 0.308 e. The Kier molecular flexibility index (Phi) is 4.99. The van der Waals surface area contributed by atoms with Gasteiger partial charge in [0.2, 0.25) is 11.8 Å². The molecule has 5 heteroatoms. The van der Waals surface area contributed by atoms with E-state index in [1.807, 2.05) is 36.4 Å². The molecule has 3 aromatic carbocycles. The Hall–Kier alpha value is -4.25. The van der Waals surface area contributed by atoms with Crippen LogP contribution >= 0.6 is 0 Å². The van der Waals surface area contributed by atoms with E-state index in [1.54, 1.807) is 24.3 Å². The van der Waals surface area contributed by atoms with E-state index >= 15 is 0 Å². The van der Waals surface area contributed by atoms with Crippen LogP contribution in [0.15, 0.2) is 103 Å². The monoisotopic (exact) mass is 461 g/mol. The Labute approximate surface area is 203 Å². The van der Waals surface area contributed by atoms with Crippen molar-refractivity contribution in [2.75, 3.05) is 4.90 Å². The summed E-state index contributed by atoms with van der Waals surface area (Å²) in [4.78, 5) is 39.8. The van der Waals surface area contributed by atoms with Crippen LogP contribution in [0.4, 0.5) is 5.69 Å². The van der Waals surface area contributed by atoms with Crippen LogP contribution in [0, 0.1) is 23.7 Å². The van der Waals surface area contributed by atoms with Crippen molar-refractivity contribution in [3.05, 3.63) is 114 Å². The Morgan fingerprint density at radius 3 is 1.66 bits per heavy atom. The second-order valence-corrected chi connectivity index (χ2v) is 9.15. The van der Waals surface area contributed by atoms with Gasteiger partial charge < -0.3 is 4.74 Å². The highest BCUT2D eigenvalue weighted by molar-refractivity contribution is 6.23. The average molecular weight is 462 g/mol. The van der Waals surface area contributed by atoms with Gasteiger partial charge in [-0.05, 0) is 46.5 Å². The minimum Gasteiger partial charge on any atom is -0.427 e. The van der Waals surface area contributed by atoms with E-state index in [2.05, 4.69) is 36.4 Å². The molecule has 1 saturated heterocycles. The molecule has 0 radical (unpaired) electrons. The van der Waals surface area contributed by atoms with Gasteiger partial charge in [-0.15, -0.1) is 0 Å². The lowest BCUT2D eigenvalue weighted by molar-refractivity contribution is -0.132. The van der Waals surface area contributed by atoms with Crippen LogP contribution < -0.4 is 9.64 Å². The molecule has 2 fully saturated rings. The fourth-order valence-electron chi connectivity index (χ4n) is 5.89. The maximum Gasteiger partial charge on any atom is 0.308 e. The summed E-state index contributed by atoms with van der Waals surface area (Å²) in [5, 5.41) is 0. The third kappa shape index (κ3) is 3.35. The molecular formula is C30H23NO4. The maximum atomic E-state index is 13.7. The largest absolute Gasteiger partial charge is 0.427 e. The zero-order valence-electron chi connectivity index (χ0n) is 19.1. The zero-order valence-corrected chi connectivity index (χ0v) is 19.1. The lowest BCUT2D eigenvalue weighted by Gasteiger charge is -2.21. The van der Waals surface area contributed by atoms with E-state index < -0.39 is 17.8 Å². The molecule has 4 unspecified atom stereocenters. The van der Waals surface area contributed by atoms with Gasteiger partial charge in [-0.25, -0.2) is 4.90 Å². The second-order valence-electron chi connectivity index (χ2n) is 9.15. The van der Waals surface area contributed by atoms with E-state index in [0.29, 0.717) is 11.4 Å². The van der Waals surface area contributed by atoms with Crippen LogP contribution in [-0.2, 0) is 14.4 Å². The van der Waals surface area contributed by atoms with Crippen molar-refractivity contribution in [3.63, 3.8) is 0 Å². The summed E-state index contributed by atoms with van der Waals surface area (Å²) < 4.78 is 5.09. The lowest BCUT2D eigenvalue weighted by atomic mass is 9.85.